The minimum absolute atomic E-state index is 0.0175. The number of nitrogens with zero attached hydrogens (tertiary/aromatic N) is 3. The molecule has 0 fully saturated rings. The molecule has 1 aromatic heterocycles. The van der Waals surface area contributed by atoms with Crippen LogP contribution in [0.2, 0.25) is 0 Å². The molecule has 1 atom stereocenters. The molecule has 172 valence electrons. The largest absolute Gasteiger partial charge is 0.495 e. The fourth-order valence-electron chi connectivity index (χ4n) is 4.44. The zero-order valence-electron chi connectivity index (χ0n) is 18.9. The molecule has 34 heavy (non-hydrogen) atoms. The number of hydrogen-bond acceptors (Lipinski definition) is 8. The van der Waals surface area contributed by atoms with Gasteiger partial charge in [0.25, 0.3) is 0 Å². The Labute approximate surface area is 196 Å². The molecule has 1 amide bonds. The van der Waals surface area contributed by atoms with Crippen molar-refractivity contribution in [3.8, 4) is 23.1 Å². The molecule has 0 bridgehead atoms. The Morgan fingerprint density at radius 2 is 2.15 bits per heavy atom. The number of aryl methyl sites for hydroxylation is 1. The zero-order valence-corrected chi connectivity index (χ0v) is 18.9. The second-order valence-corrected chi connectivity index (χ2v) is 8.78. The number of carbonyl (C=O) groups excluding carboxylic acids is 1. The molecule has 4 N–H and O–H groups in total. The molecular formula is C25H24N6O3. The van der Waals surface area contributed by atoms with Crippen LogP contribution in [-0.2, 0) is 16.6 Å². The van der Waals surface area contributed by atoms with E-state index in [-0.39, 0.29) is 12.5 Å². The normalized spacial score (nSPS) is 18.2. The van der Waals surface area contributed by atoms with Gasteiger partial charge in [-0.25, -0.2) is 9.97 Å². The van der Waals surface area contributed by atoms with E-state index in [2.05, 4.69) is 32.0 Å². The van der Waals surface area contributed by atoms with E-state index in [9.17, 15) is 15.2 Å². The summed E-state index contributed by atoms with van der Waals surface area (Å²) in [4.78, 5) is 20.8. The standard InChI is InChI=1S/C25H24N6O3/c1-25(13-32)12-28-23-16(11-26)7-15(8-17(23)25)18-5-6-27-24(30-18)31-20-10-19-14(9-21(20)34-2)3-4-22(33)29-19/h5-10,28,32H,3-4,12-13H2,1-2H3,(H,29,33)(H,27,30,31). The van der Waals surface area contributed by atoms with Crippen LogP contribution in [0.1, 0.15) is 30.0 Å². The molecule has 2 aromatic carbocycles. The molecule has 3 heterocycles. The van der Waals surface area contributed by atoms with Gasteiger partial charge in [0, 0.05) is 35.8 Å². The third kappa shape index (κ3) is 3.68. The highest BCUT2D eigenvalue weighted by Crippen LogP contribution is 2.41. The lowest BCUT2D eigenvalue weighted by molar-refractivity contribution is -0.116. The van der Waals surface area contributed by atoms with Crippen LogP contribution in [0.25, 0.3) is 11.3 Å². The molecule has 2 aliphatic heterocycles. The number of hydrogen-bond donors (Lipinski definition) is 4. The number of nitriles is 1. The summed E-state index contributed by atoms with van der Waals surface area (Å²) in [6, 6.07) is 11.5. The number of benzene rings is 2. The highest BCUT2D eigenvalue weighted by Gasteiger charge is 2.36. The predicted octanol–water partition coefficient (Wildman–Crippen LogP) is 3.33. The molecule has 0 saturated heterocycles. The lowest BCUT2D eigenvalue weighted by Gasteiger charge is -2.21. The van der Waals surface area contributed by atoms with Crippen LogP contribution in [0.15, 0.2) is 36.5 Å². The summed E-state index contributed by atoms with van der Waals surface area (Å²) >= 11 is 0. The minimum atomic E-state index is -0.480. The third-order valence-electron chi connectivity index (χ3n) is 6.43. The number of ether oxygens (including phenoxy) is 1. The Morgan fingerprint density at radius 1 is 1.29 bits per heavy atom. The number of aromatic nitrogens is 2. The van der Waals surface area contributed by atoms with E-state index in [1.165, 1.54) is 0 Å². The number of fused-ring (bicyclic) bond motifs is 2. The monoisotopic (exact) mass is 456 g/mol. The number of carbonyl (C=O) groups is 1. The topological polar surface area (TPSA) is 132 Å². The van der Waals surface area contributed by atoms with Crippen molar-refractivity contribution in [1.29, 1.82) is 5.26 Å². The van der Waals surface area contributed by atoms with Crippen LogP contribution in [0, 0.1) is 11.3 Å². The van der Waals surface area contributed by atoms with Crippen molar-refractivity contribution in [3.05, 3.63) is 53.2 Å². The van der Waals surface area contributed by atoms with E-state index < -0.39 is 5.41 Å². The number of nitrogens with one attached hydrogen (secondary N) is 3. The van der Waals surface area contributed by atoms with Crippen molar-refractivity contribution in [2.75, 3.05) is 36.2 Å². The van der Waals surface area contributed by atoms with E-state index in [0.29, 0.717) is 48.0 Å². The molecular weight excluding hydrogens is 432 g/mol. The SMILES string of the molecule is COc1cc2c(cc1Nc1nccc(-c3cc(C#N)c4c(c3)C(C)(CO)CN4)n1)NC(=O)CC2. The molecule has 0 radical (unpaired) electrons. The summed E-state index contributed by atoms with van der Waals surface area (Å²) in [6.45, 7) is 2.49. The average molecular weight is 457 g/mol. The second-order valence-electron chi connectivity index (χ2n) is 8.78. The Morgan fingerprint density at radius 3 is 2.91 bits per heavy atom. The molecule has 9 nitrogen and oxygen atoms in total. The van der Waals surface area contributed by atoms with E-state index in [1.54, 1.807) is 25.4 Å². The van der Waals surface area contributed by atoms with Gasteiger partial charge in [0.2, 0.25) is 11.9 Å². The van der Waals surface area contributed by atoms with Gasteiger partial charge in [0.05, 0.1) is 36.3 Å². The van der Waals surface area contributed by atoms with E-state index >= 15 is 0 Å². The van der Waals surface area contributed by atoms with E-state index in [4.69, 9.17) is 4.74 Å². The van der Waals surface area contributed by atoms with Crippen molar-refractivity contribution in [3.63, 3.8) is 0 Å². The average Bonchev–Trinajstić information content (AvgIpc) is 3.20. The maximum absolute atomic E-state index is 11.8. The Bertz CT molecular complexity index is 1350. The Kier molecular flexibility index (Phi) is 5.30. The predicted molar refractivity (Wildman–Crippen MR) is 128 cm³/mol. The van der Waals surface area contributed by atoms with Gasteiger partial charge in [-0.3, -0.25) is 4.79 Å². The molecule has 0 saturated carbocycles. The van der Waals surface area contributed by atoms with Gasteiger partial charge >= 0.3 is 0 Å². The fourth-order valence-corrected chi connectivity index (χ4v) is 4.44. The van der Waals surface area contributed by atoms with Gasteiger partial charge in [-0.15, -0.1) is 0 Å². The molecule has 9 heteroatoms. The quantitative estimate of drug-likeness (QED) is 0.460. The van der Waals surface area contributed by atoms with Crippen molar-refractivity contribution < 1.29 is 14.6 Å². The number of amides is 1. The third-order valence-corrected chi connectivity index (χ3v) is 6.43. The Hall–Kier alpha value is -4.16. The van der Waals surface area contributed by atoms with Crippen LogP contribution >= 0.6 is 0 Å². The minimum Gasteiger partial charge on any atom is -0.495 e. The summed E-state index contributed by atoms with van der Waals surface area (Å²) in [5, 5.41) is 29.0. The molecule has 3 aromatic rings. The van der Waals surface area contributed by atoms with Crippen LogP contribution in [0.3, 0.4) is 0 Å². The van der Waals surface area contributed by atoms with E-state index in [1.807, 2.05) is 25.1 Å². The number of methoxy groups -OCH3 is 1. The zero-order chi connectivity index (χ0) is 23.9. The highest BCUT2D eigenvalue weighted by atomic mass is 16.5. The fraction of sp³-hybridized carbons (Fsp3) is 0.280. The Balaban J connectivity index is 1.52. The molecule has 2 aliphatic rings. The summed E-state index contributed by atoms with van der Waals surface area (Å²) < 4.78 is 5.54. The van der Waals surface area contributed by atoms with Crippen molar-refractivity contribution >= 4 is 28.9 Å². The van der Waals surface area contributed by atoms with Crippen LogP contribution in [-0.4, -0.2) is 41.2 Å². The van der Waals surface area contributed by atoms with Crippen LogP contribution < -0.4 is 20.7 Å². The first kappa shape index (κ1) is 21.7. The smallest absolute Gasteiger partial charge is 0.227 e. The number of aliphatic hydroxyl groups excluding tert-OH is 1. The summed E-state index contributed by atoms with van der Waals surface area (Å²) in [5.41, 5.74) is 5.45. The molecule has 5 rings (SSSR count). The molecule has 0 spiro atoms. The number of rotatable bonds is 5. The van der Waals surface area contributed by atoms with Gasteiger partial charge in [-0.2, -0.15) is 5.26 Å². The maximum Gasteiger partial charge on any atom is 0.227 e. The lowest BCUT2D eigenvalue weighted by atomic mass is 9.83. The first-order chi connectivity index (χ1) is 16.4. The first-order valence-electron chi connectivity index (χ1n) is 11.0. The van der Waals surface area contributed by atoms with Crippen molar-refractivity contribution in [1.82, 2.24) is 9.97 Å². The lowest BCUT2D eigenvalue weighted by Crippen LogP contribution is -2.28. The van der Waals surface area contributed by atoms with Gasteiger partial charge in [-0.1, -0.05) is 6.92 Å². The number of aliphatic hydroxyl groups is 1. The van der Waals surface area contributed by atoms with Crippen LogP contribution in [0.5, 0.6) is 5.75 Å². The van der Waals surface area contributed by atoms with E-state index in [0.717, 1.165) is 28.1 Å². The highest BCUT2D eigenvalue weighted by molar-refractivity contribution is 5.95. The summed E-state index contributed by atoms with van der Waals surface area (Å²) in [6.07, 6.45) is 2.75. The molecule has 1 unspecified atom stereocenters. The number of anilines is 4. The van der Waals surface area contributed by atoms with Gasteiger partial charge < -0.3 is 25.8 Å². The summed E-state index contributed by atoms with van der Waals surface area (Å²) in [5.74, 6) is 0.953. The van der Waals surface area contributed by atoms with Crippen LogP contribution in [0.4, 0.5) is 23.0 Å². The maximum atomic E-state index is 11.8. The molecule has 0 aliphatic carbocycles. The summed E-state index contributed by atoms with van der Waals surface area (Å²) in [7, 11) is 1.59. The van der Waals surface area contributed by atoms with Crippen molar-refractivity contribution in [2.45, 2.75) is 25.2 Å². The van der Waals surface area contributed by atoms with Crippen molar-refractivity contribution in [2.24, 2.45) is 0 Å². The van der Waals surface area contributed by atoms with Gasteiger partial charge in [-0.05, 0) is 47.9 Å². The second kappa shape index (κ2) is 8.32. The van der Waals surface area contributed by atoms with Gasteiger partial charge in [0.1, 0.15) is 11.8 Å². The van der Waals surface area contributed by atoms with Gasteiger partial charge in [0.15, 0.2) is 0 Å². The first-order valence-corrected chi connectivity index (χ1v) is 11.0.